The molecule has 12 heteroatoms. The third-order valence-electron chi connectivity index (χ3n) is 6.86. The molecule has 0 aliphatic carbocycles. The van der Waals surface area contributed by atoms with Gasteiger partial charge in [0.15, 0.2) is 10.6 Å². The summed E-state index contributed by atoms with van der Waals surface area (Å²) in [5, 5.41) is 9.35. The molecule has 1 N–H and O–H groups in total. The van der Waals surface area contributed by atoms with Crippen LogP contribution >= 0.6 is 11.3 Å². The first kappa shape index (κ1) is 29.8. The number of thiazole rings is 1. The van der Waals surface area contributed by atoms with Crippen molar-refractivity contribution in [2.24, 2.45) is 4.99 Å². The zero-order valence-electron chi connectivity index (χ0n) is 23.9. The van der Waals surface area contributed by atoms with Crippen molar-refractivity contribution in [3.05, 3.63) is 106 Å². The Hall–Kier alpha value is -4.71. The van der Waals surface area contributed by atoms with Gasteiger partial charge in [0.2, 0.25) is 0 Å². The molecule has 0 saturated heterocycles. The summed E-state index contributed by atoms with van der Waals surface area (Å²) in [6, 6.07) is 18.7. The minimum atomic E-state index is -4.75. The summed E-state index contributed by atoms with van der Waals surface area (Å²) < 4.78 is 44.6. The highest BCUT2D eigenvalue weighted by atomic mass is 32.1. The molecule has 0 radical (unpaired) electrons. The number of hydrogen-bond donors (Lipinski definition) is 1. The molecule has 0 fully saturated rings. The number of nitrogens with zero attached hydrogens (tertiary/aromatic N) is 5. The predicted molar refractivity (Wildman–Crippen MR) is 159 cm³/mol. The number of aromatic nitrogens is 4. The molecule has 43 heavy (non-hydrogen) atoms. The number of urea groups is 1. The van der Waals surface area contributed by atoms with Crippen molar-refractivity contribution in [3.8, 4) is 28.5 Å². The second-order valence-corrected chi connectivity index (χ2v) is 10.9. The molecule has 0 aliphatic rings. The lowest BCUT2D eigenvalue weighted by Gasteiger charge is -2.13. The van der Waals surface area contributed by atoms with E-state index in [9.17, 15) is 18.0 Å². The average molecular weight is 607 g/mol. The molecule has 2 heterocycles. The summed E-state index contributed by atoms with van der Waals surface area (Å²) in [5.74, 6) is 0.172. The SMILES string of the molecule is Cc1cccc(C)c1-n1c(C)cs/c1=N\C(=O)NCC(C)c1ccc(-c2ncn(-c3ccc(OC(F)(F)F)cc3)n2)cc1. The van der Waals surface area contributed by atoms with Crippen LogP contribution in [0.2, 0.25) is 0 Å². The van der Waals surface area contributed by atoms with Gasteiger partial charge < -0.3 is 10.1 Å². The van der Waals surface area contributed by atoms with Gasteiger partial charge in [-0.1, -0.05) is 49.4 Å². The lowest BCUT2D eigenvalue weighted by Crippen LogP contribution is -2.28. The molecule has 8 nitrogen and oxygen atoms in total. The molecule has 0 saturated carbocycles. The van der Waals surface area contributed by atoms with Crippen LogP contribution in [0.25, 0.3) is 22.8 Å². The number of amides is 2. The van der Waals surface area contributed by atoms with E-state index in [2.05, 4.69) is 25.1 Å². The number of carbonyl (C=O) groups is 1. The predicted octanol–water partition coefficient (Wildman–Crippen LogP) is 7.02. The van der Waals surface area contributed by atoms with Crippen LogP contribution < -0.4 is 14.9 Å². The minimum absolute atomic E-state index is 0.0203. The summed E-state index contributed by atoms with van der Waals surface area (Å²) in [6.07, 6.45) is -3.26. The van der Waals surface area contributed by atoms with Crippen molar-refractivity contribution in [1.29, 1.82) is 0 Å². The molecule has 2 aromatic heterocycles. The number of alkyl halides is 3. The van der Waals surface area contributed by atoms with E-state index in [4.69, 9.17) is 0 Å². The molecule has 2 amide bonds. The van der Waals surface area contributed by atoms with E-state index in [1.54, 1.807) is 0 Å². The van der Waals surface area contributed by atoms with Gasteiger partial charge in [0, 0.05) is 23.2 Å². The van der Waals surface area contributed by atoms with Gasteiger partial charge in [-0.05, 0) is 67.6 Å². The monoisotopic (exact) mass is 606 g/mol. The average Bonchev–Trinajstić information content (AvgIpc) is 3.59. The van der Waals surface area contributed by atoms with Crippen molar-refractivity contribution < 1.29 is 22.7 Å². The maximum Gasteiger partial charge on any atom is 0.573 e. The van der Waals surface area contributed by atoms with Gasteiger partial charge in [-0.3, -0.25) is 4.57 Å². The van der Waals surface area contributed by atoms with Gasteiger partial charge in [0.1, 0.15) is 12.1 Å². The fourth-order valence-corrected chi connectivity index (χ4v) is 5.52. The number of ether oxygens (including phenoxy) is 1. The second-order valence-electron chi connectivity index (χ2n) is 10.1. The van der Waals surface area contributed by atoms with Crippen LogP contribution in [-0.2, 0) is 0 Å². The Bertz CT molecular complexity index is 1780. The lowest BCUT2D eigenvalue weighted by atomic mass is 10.00. The number of para-hydroxylation sites is 1. The number of hydrogen-bond acceptors (Lipinski definition) is 5. The Labute approximate surface area is 250 Å². The Kier molecular flexibility index (Phi) is 8.49. The number of nitrogens with one attached hydrogen (secondary N) is 1. The summed E-state index contributed by atoms with van der Waals surface area (Å²) in [7, 11) is 0. The molecule has 5 rings (SSSR count). The Balaban J connectivity index is 1.22. The number of aryl methyl sites for hydroxylation is 3. The Morgan fingerprint density at radius 3 is 2.35 bits per heavy atom. The van der Waals surface area contributed by atoms with Gasteiger partial charge in [0.25, 0.3) is 0 Å². The number of carbonyl (C=O) groups excluding carboxylic acids is 1. The quantitative estimate of drug-likeness (QED) is 0.216. The maximum absolute atomic E-state index is 12.8. The molecule has 1 atom stereocenters. The number of benzene rings is 3. The number of halogens is 3. The zero-order valence-corrected chi connectivity index (χ0v) is 24.7. The second kappa shape index (κ2) is 12.3. The van der Waals surface area contributed by atoms with Crippen molar-refractivity contribution in [2.75, 3.05) is 6.54 Å². The van der Waals surface area contributed by atoms with Crippen molar-refractivity contribution in [1.82, 2.24) is 24.6 Å². The molecular formula is C31H29F3N6O2S. The third-order valence-corrected chi connectivity index (χ3v) is 7.81. The summed E-state index contributed by atoms with van der Waals surface area (Å²) in [5.41, 5.74) is 6.59. The molecule has 3 aromatic carbocycles. The fourth-order valence-electron chi connectivity index (χ4n) is 4.67. The highest BCUT2D eigenvalue weighted by Gasteiger charge is 2.31. The van der Waals surface area contributed by atoms with E-state index < -0.39 is 12.4 Å². The molecule has 0 aliphatic heterocycles. The first-order valence-corrected chi connectivity index (χ1v) is 14.3. The van der Waals surface area contributed by atoms with Crippen molar-refractivity contribution in [3.63, 3.8) is 0 Å². The highest BCUT2D eigenvalue weighted by molar-refractivity contribution is 7.07. The molecule has 1 unspecified atom stereocenters. The van der Waals surface area contributed by atoms with E-state index in [1.165, 1.54) is 46.6 Å². The van der Waals surface area contributed by atoms with Crippen LogP contribution in [0.4, 0.5) is 18.0 Å². The summed E-state index contributed by atoms with van der Waals surface area (Å²) in [6.45, 7) is 8.50. The largest absolute Gasteiger partial charge is 0.573 e. The van der Waals surface area contributed by atoms with Crippen molar-refractivity contribution >= 4 is 17.4 Å². The molecule has 0 spiro atoms. The first-order chi connectivity index (χ1) is 20.5. The van der Waals surface area contributed by atoms with Crippen LogP contribution in [0.15, 0.2) is 83.4 Å². The standard InChI is InChI=1S/C31H29F3N6O2S/c1-19-6-5-7-20(2)27(19)40-22(4)17-43-30(40)37-29(41)35-16-21(3)23-8-10-24(11-9-23)28-36-18-39(38-28)25-12-14-26(15-13-25)42-31(32,33)34/h5-15,17-18,21H,16H2,1-4H3,(H,35,41)/b37-30-. The van der Waals surface area contributed by atoms with Crippen LogP contribution in [0.1, 0.15) is 35.2 Å². The van der Waals surface area contributed by atoms with E-state index in [-0.39, 0.29) is 11.7 Å². The summed E-state index contributed by atoms with van der Waals surface area (Å²) >= 11 is 1.42. The maximum atomic E-state index is 12.8. The van der Waals surface area contributed by atoms with Gasteiger partial charge in [-0.2, -0.15) is 4.99 Å². The van der Waals surface area contributed by atoms with E-state index in [0.717, 1.165) is 33.6 Å². The molecule has 0 bridgehead atoms. The van der Waals surface area contributed by atoms with Gasteiger partial charge in [0.05, 0.1) is 11.4 Å². The molecule has 222 valence electrons. The lowest BCUT2D eigenvalue weighted by molar-refractivity contribution is -0.274. The normalized spacial score (nSPS) is 12.8. The first-order valence-electron chi connectivity index (χ1n) is 13.4. The molecule has 5 aromatic rings. The fraction of sp³-hybridized carbons (Fsp3) is 0.226. The van der Waals surface area contributed by atoms with Gasteiger partial charge in [-0.15, -0.1) is 29.6 Å². The van der Waals surface area contributed by atoms with E-state index in [0.29, 0.717) is 22.9 Å². The van der Waals surface area contributed by atoms with Gasteiger partial charge >= 0.3 is 12.4 Å². The van der Waals surface area contributed by atoms with Crippen LogP contribution in [0.5, 0.6) is 5.75 Å². The van der Waals surface area contributed by atoms with Crippen LogP contribution in [0.3, 0.4) is 0 Å². The van der Waals surface area contributed by atoms with Crippen LogP contribution in [-0.4, -0.2) is 38.3 Å². The number of rotatable bonds is 7. The van der Waals surface area contributed by atoms with E-state index >= 15 is 0 Å². The third kappa shape index (κ3) is 7.03. The molecular weight excluding hydrogens is 577 g/mol. The minimum Gasteiger partial charge on any atom is -0.406 e. The zero-order chi connectivity index (χ0) is 30.7. The highest BCUT2D eigenvalue weighted by Crippen LogP contribution is 2.25. The summed E-state index contributed by atoms with van der Waals surface area (Å²) in [4.78, 5) is 22.1. The van der Waals surface area contributed by atoms with E-state index in [1.807, 2.05) is 80.1 Å². The van der Waals surface area contributed by atoms with Crippen molar-refractivity contribution in [2.45, 2.75) is 40.0 Å². The van der Waals surface area contributed by atoms with Gasteiger partial charge in [-0.25, -0.2) is 14.5 Å². The topological polar surface area (TPSA) is 86.3 Å². The Morgan fingerprint density at radius 1 is 1.02 bits per heavy atom. The smallest absolute Gasteiger partial charge is 0.406 e. The van der Waals surface area contributed by atoms with Crippen LogP contribution in [0, 0.1) is 20.8 Å². The Morgan fingerprint density at radius 2 is 1.70 bits per heavy atom.